The summed E-state index contributed by atoms with van der Waals surface area (Å²) >= 11 is 6.37. The number of rotatable bonds is 6. The van der Waals surface area contributed by atoms with E-state index in [4.69, 9.17) is 21.2 Å². The minimum atomic E-state index is -0.488. The van der Waals surface area contributed by atoms with E-state index in [-0.39, 0.29) is 13.1 Å². The Morgan fingerprint density at radius 2 is 1.13 bits per heavy atom. The van der Waals surface area contributed by atoms with E-state index < -0.39 is 5.82 Å². The predicted molar refractivity (Wildman–Crippen MR) is 193 cm³/mol. The van der Waals surface area contributed by atoms with Crippen molar-refractivity contribution in [3.8, 4) is 45.3 Å². The zero-order valence-electron chi connectivity index (χ0n) is 24.2. The fourth-order valence-corrected chi connectivity index (χ4v) is 4.84. The van der Waals surface area contributed by atoms with Crippen LogP contribution in [0.5, 0.6) is 23.0 Å². The molecule has 0 saturated carbocycles. The van der Waals surface area contributed by atoms with Crippen LogP contribution in [-0.2, 0) is 4.79 Å². The summed E-state index contributed by atoms with van der Waals surface area (Å²) in [6.07, 6.45) is 0. The number of ether oxygens (including phenoxy) is 2. The Hall–Kier alpha value is -5.23. The standard InChI is InChI=1S/C19H13BrO3.C12H10O.C7H3BrFN.CH4/c20-17-7-4-8-18(22-13-21)19(17)23-16-11-9-15(10-12-16)14-5-2-1-3-6-14;13-12-8-6-11(7-9-12)10-4-2-1-3-5-10;1-10-6-4-2-3-5(8)7(6)9;/h1-13H;1-9,13H;2-4H;1H4. The molecule has 0 unspecified atom stereocenters. The van der Waals surface area contributed by atoms with Gasteiger partial charge in [0.25, 0.3) is 6.47 Å². The van der Waals surface area contributed by atoms with Crippen molar-refractivity contribution < 1.29 is 23.8 Å². The summed E-state index contributed by atoms with van der Waals surface area (Å²) in [5.74, 6) is 1.30. The summed E-state index contributed by atoms with van der Waals surface area (Å²) in [6.45, 7) is 6.93. The maximum atomic E-state index is 12.7. The second-order valence-corrected chi connectivity index (χ2v) is 11.1. The van der Waals surface area contributed by atoms with Gasteiger partial charge in [-0.1, -0.05) is 111 Å². The van der Waals surface area contributed by atoms with Crippen molar-refractivity contribution in [1.29, 1.82) is 0 Å². The topological polar surface area (TPSA) is 60.1 Å². The summed E-state index contributed by atoms with van der Waals surface area (Å²) in [5.41, 5.74) is 4.59. The smallest absolute Gasteiger partial charge is 0.298 e. The molecule has 0 spiro atoms. The predicted octanol–water partition coefficient (Wildman–Crippen LogP) is 12.3. The molecule has 0 radical (unpaired) electrons. The molecule has 0 heterocycles. The average molecular weight is 755 g/mol. The normalized spacial score (nSPS) is 9.57. The van der Waals surface area contributed by atoms with E-state index in [0.717, 1.165) is 16.7 Å². The Kier molecular flexibility index (Phi) is 14.4. The number of nitrogens with zero attached hydrogens (tertiary/aromatic N) is 1. The minimum Gasteiger partial charge on any atom is -0.508 e. The lowest BCUT2D eigenvalue weighted by Gasteiger charge is -2.11. The number of hydrogen-bond donors (Lipinski definition) is 1. The van der Waals surface area contributed by atoms with Crippen molar-refractivity contribution in [1.82, 2.24) is 0 Å². The molecule has 0 aliphatic rings. The number of hydrogen-bond acceptors (Lipinski definition) is 4. The number of carbonyl (C=O) groups excluding carboxylic acids is 1. The monoisotopic (exact) mass is 753 g/mol. The third-order valence-corrected chi connectivity index (χ3v) is 7.55. The lowest BCUT2D eigenvalue weighted by molar-refractivity contribution is -0.120. The zero-order chi connectivity index (χ0) is 32.7. The fourth-order valence-electron chi connectivity index (χ4n) is 4.06. The van der Waals surface area contributed by atoms with E-state index in [2.05, 4.69) is 48.8 Å². The molecule has 0 amide bonds. The molecule has 1 N–H and O–H groups in total. The Morgan fingerprint density at radius 1 is 0.638 bits per heavy atom. The van der Waals surface area contributed by atoms with Gasteiger partial charge in [-0.3, -0.25) is 4.79 Å². The largest absolute Gasteiger partial charge is 0.508 e. The molecule has 6 aromatic carbocycles. The maximum absolute atomic E-state index is 12.7. The van der Waals surface area contributed by atoms with Crippen LogP contribution in [0.4, 0.5) is 10.1 Å². The molecular weight excluding hydrogens is 725 g/mol. The van der Waals surface area contributed by atoms with Gasteiger partial charge in [0.05, 0.1) is 11.0 Å². The molecule has 0 bridgehead atoms. The first-order valence-corrected chi connectivity index (χ1v) is 15.4. The van der Waals surface area contributed by atoms with Crippen molar-refractivity contribution in [2.45, 2.75) is 7.43 Å². The van der Waals surface area contributed by atoms with Crippen LogP contribution in [0, 0.1) is 12.4 Å². The quantitative estimate of drug-likeness (QED) is 0.136. The van der Waals surface area contributed by atoms with Crippen LogP contribution in [0.2, 0.25) is 0 Å². The minimum absolute atomic E-state index is 0. The number of halogens is 3. The summed E-state index contributed by atoms with van der Waals surface area (Å²) in [7, 11) is 0. The van der Waals surface area contributed by atoms with Crippen LogP contribution >= 0.6 is 31.9 Å². The van der Waals surface area contributed by atoms with Crippen molar-refractivity contribution in [2.24, 2.45) is 0 Å². The first kappa shape index (κ1) is 36.2. The lowest BCUT2D eigenvalue weighted by atomic mass is 10.1. The molecule has 0 aromatic heterocycles. The van der Waals surface area contributed by atoms with Gasteiger partial charge in [0.2, 0.25) is 5.69 Å². The van der Waals surface area contributed by atoms with E-state index in [1.807, 2.05) is 91.0 Å². The number of carbonyl (C=O) groups is 1. The Balaban J connectivity index is 0.000000211. The molecule has 6 rings (SSSR count). The number of phenols is 1. The molecular formula is C39H30Br2FNO4. The van der Waals surface area contributed by atoms with Crippen LogP contribution in [0.1, 0.15) is 7.43 Å². The molecule has 0 fully saturated rings. The van der Waals surface area contributed by atoms with Gasteiger partial charge >= 0.3 is 0 Å². The highest BCUT2D eigenvalue weighted by atomic mass is 79.9. The highest BCUT2D eigenvalue weighted by Crippen LogP contribution is 2.38. The third kappa shape index (κ3) is 10.7. The van der Waals surface area contributed by atoms with Gasteiger partial charge in [0.1, 0.15) is 17.3 Å². The number of para-hydroxylation sites is 1. The van der Waals surface area contributed by atoms with Crippen LogP contribution in [-0.4, -0.2) is 11.6 Å². The SMILES string of the molecule is C.O=COc1cccc(Br)c1Oc1ccc(-c2ccccc2)cc1.Oc1ccc(-c2ccccc2)cc1.[C-]#[N+]c1cccc(Br)c1F. The zero-order valence-corrected chi connectivity index (χ0v) is 27.4. The molecule has 47 heavy (non-hydrogen) atoms. The molecule has 236 valence electrons. The van der Waals surface area contributed by atoms with E-state index in [0.29, 0.717) is 38.4 Å². The van der Waals surface area contributed by atoms with Gasteiger partial charge in [-0.25, -0.2) is 9.24 Å². The van der Waals surface area contributed by atoms with Gasteiger partial charge in [-0.2, -0.15) is 0 Å². The van der Waals surface area contributed by atoms with Crippen molar-refractivity contribution in [3.63, 3.8) is 0 Å². The van der Waals surface area contributed by atoms with Crippen LogP contribution in [0.25, 0.3) is 27.1 Å². The molecule has 8 heteroatoms. The number of aromatic hydroxyl groups is 1. The van der Waals surface area contributed by atoms with Crippen molar-refractivity contribution >= 4 is 44.0 Å². The summed E-state index contributed by atoms with van der Waals surface area (Å²) < 4.78 is 24.6. The fraction of sp³-hybridized carbons (Fsp3) is 0.0256. The molecule has 5 nitrogen and oxygen atoms in total. The lowest BCUT2D eigenvalue weighted by Crippen LogP contribution is -1.94. The van der Waals surface area contributed by atoms with E-state index in [1.165, 1.54) is 11.6 Å². The molecule has 0 atom stereocenters. The number of benzene rings is 6. The van der Waals surface area contributed by atoms with Gasteiger partial charge in [-0.15, -0.1) is 0 Å². The Labute approximate surface area is 291 Å². The van der Waals surface area contributed by atoms with Gasteiger partial charge in [-0.05, 0) is 96.6 Å². The van der Waals surface area contributed by atoms with Crippen molar-refractivity contribution in [2.75, 3.05) is 0 Å². The van der Waals surface area contributed by atoms with Crippen LogP contribution < -0.4 is 9.47 Å². The molecule has 0 saturated heterocycles. The molecule has 6 aromatic rings. The summed E-state index contributed by atoms with van der Waals surface area (Å²) in [4.78, 5) is 13.6. The van der Waals surface area contributed by atoms with E-state index in [9.17, 15) is 9.18 Å². The third-order valence-electron chi connectivity index (χ3n) is 6.31. The van der Waals surface area contributed by atoms with Gasteiger partial charge in [0.15, 0.2) is 11.5 Å². The van der Waals surface area contributed by atoms with Crippen LogP contribution in [0.3, 0.4) is 0 Å². The maximum Gasteiger partial charge on any atom is 0.298 e. The summed E-state index contributed by atoms with van der Waals surface area (Å²) in [5, 5.41) is 9.10. The highest BCUT2D eigenvalue weighted by molar-refractivity contribution is 9.10. The Bertz CT molecular complexity index is 1900. The summed E-state index contributed by atoms with van der Waals surface area (Å²) in [6, 6.07) is 45.0. The first-order valence-electron chi connectivity index (χ1n) is 13.8. The molecule has 0 aliphatic carbocycles. The first-order chi connectivity index (χ1) is 22.4. The molecule has 0 aliphatic heterocycles. The van der Waals surface area contributed by atoms with E-state index >= 15 is 0 Å². The van der Waals surface area contributed by atoms with Crippen LogP contribution in [0.15, 0.2) is 155 Å². The van der Waals surface area contributed by atoms with E-state index in [1.54, 1.807) is 36.4 Å². The Morgan fingerprint density at radius 3 is 1.64 bits per heavy atom. The van der Waals surface area contributed by atoms with Crippen molar-refractivity contribution in [3.05, 3.63) is 172 Å². The average Bonchev–Trinajstić information content (AvgIpc) is 3.10. The second kappa shape index (κ2) is 18.7. The highest BCUT2D eigenvalue weighted by Gasteiger charge is 2.11. The van der Waals surface area contributed by atoms with Gasteiger partial charge in [0, 0.05) is 4.47 Å². The van der Waals surface area contributed by atoms with Gasteiger partial charge < -0.3 is 14.6 Å². The number of phenolic OH excluding ortho intramolecular Hbond substituents is 1. The second-order valence-electron chi connectivity index (χ2n) is 9.37.